The summed E-state index contributed by atoms with van der Waals surface area (Å²) in [5, 5.41) is 0. The van der Waals surface area contributed by atoms with E-state index in [1.165, 1.54) is 16.4 Å². The van der Waals surface area contributed by atoms with Gasteiger partial charge in [0.15, 0.2) is 0 Å². The number of halogens is 1. The van der Waals surface area contributed by atoms with Crippen LogP contribution < -0.4 is 16.4 Å². The highest BCUT2D eigenvalue weighted by Crippen LogP contribution is 2.07. The van der Waals surface area contributed by atoms with Gasteiger partial charge in [0.25, 0.3) is 0 Å². The molecule has 0 nitrogen and oxygen atoms in total. The third kappa shape index (κ3) is 2.71. The van der Waals surface area contributed by atoms with Crippen molar-refractivity contribution in [3.8, 4) is 0 Å². The van der Waals surface area contributed by atoms with Gasteiger partial charge in [0.05, 0.1) is 0 Å². The zero-order chi connectivity index (χ0) is 13.8. The molecule has 0 aromatic heterocycles. The van der Waals surface area contributed by atoms with E-state index >= 15 is 0 Å². The van der Waals surface area contributed by atoms with E-state index in [4.69, 9.17) is 0 Å². The molecule has 3 rings (SSSR count). The van der Waals surface area contributed by atoms with Crippen LogP contribution in [-0.2, 0) is 0 Å². The van der Waals surface area contributed by atoms with Gasteiger partial charge in [-0.05, 0) is 6.07 Å². The van der Waals surface area contributed by atoms with Gasteiger partial charge >= 0.3 is 0 Å². The summed E-state index contributed by atoms with van der Waals surface area (Å²) in [5.41, 5.74) is 3.92. The van der Waals surface area contributed by atoms with Crippen LogP contribution in [0.25, 0.3) is 0 Å². The van der Waals surface area contributed by atoms with Gasteiger partial charge in [0.1, 0.15) is 0 Å². The molecule has 0 aliphatic heterocycles. The molecular formula is C18H14BBr. The molecule has 0 bridgehead atoms. The molecule has 0 aliphatic rings. The topological polar surface area (TPSA) is 0 Å². The van der Waals surface area contributed by atoms with Crippen molar-refractivity contribution in [3.63, 3.8) is 0 Å². The summed E-state index contributed by atoms with van der Waals surface area (Å²) >= 11 is 3.69. The third-order valence-corrected chi connectivity index (χ3v) is 4.20. The van der Waals surface area contributed by atoms with Gasteiger partial charge in [-0.2, -0.15) is 0 Å². The number of rotatable bonds is 3. The number of benzene rings is 3. The molecular weight excluding hydrogens is 307 g/mol. The molecule has 96 valence electrons. The predicted molar refractivity (Wildman–Crippen MR) is 91.7 cm³/mol. The lowest BCUT2D eigenvalue weighted by atomic mass is 9.37. The van der Waals surface area contributed by atoms with Crippen LogP contribution in [0.3, 0.4) is 0 Å². The first-order valence-electron chi connectivity index (χ1n) is 6.70. The van der Waals surface area contributed by atoms with Crippen molar-refractivity contribution in [2.45, 2.75) is 0 Å². The van der Waals surface area contributed by atoms with Gasteiger partial charge in [-0.1, -0.05) is 111 Å². The zero-order valence-electron chi connectivity index (χ0n) is 11.0. The summed E-state index contributed by atoms with van der Waals surface area (Å²) in [4.78, 5) is 0. The Bertz CT molecular complexity index is 641. The maximum absolute atomic E-state index is 3.69. The van der Waals surface area contributed by atoms with Crippen molar-refractivity contribution in [2.24, 2.45) is 0 Å². The van der Waals surface area contributed by atoms with Gasteiger partial charge in [0.2, 0.25) is 6.71 Å². The molecule has 0 radical (unpaired) electrons. The van der Waals surface area contributed by atoms with E-state index in [1.807, 2.05) is 0 Å². The molecule has 0 atom stereocenters. The fourth-order valence-corrected chi connectivity index (χ4v) is 3.07. The van der Waals surface area contributed by atoms with Gasteiger partial charge < -0.3 is 0 Å². The van der Waals surface area contributed by atoms with Gasteiger partial charge in [-0.15, -0.1) is 0 Å². The summed E-state index contributed by atoms with van der Waals surface area (Å²) in [6.07, 6.45) is 0. The van der Waals surface area contributed by atoms with Crippen molar-refractivity contribution >= 4 is 39.0 Å². The highest BCUT2D eigenvalue weighted by molar-refractivity contribution is 9.10. The zero-order valence-corrected chi connectivity index (χ0v) is 12.6. The Kier molecular flexibility index (Phi) is 4.03. The van der Waals surface area contributed by atoms with E-state index in [1.54, 1.807) is 0 Å². The van der Waals surface area contributed by atoms with E-state index in [0.29, 0.717) is 0 Å². The minimum atomic E-state index is 0.257. The summed E-state index contributed by atoms with van der Waals surface area (Å²) < 4.78 is 1.15. The van der Waals surface area contributed by atoms with E-state index in [0.717, 1.165) is 4.47 Å². The molecule has 0 saturated heterocycles. The van der Waals surface area contributed by atoms with E-state index in [9.17, 15) is 0 Å². The maximum atomic E-state index is 3.69. The Balaban J connectivity index is 2.17. The van der Waals surface area contributed by atoms with Crippen LogP contribution in [0.1, 0.15) is 0 Å². The molecule has 0 heterocycles. The first-order valence-corrected chi connectivity index (χ1v) is 7.50. The fourth-order valence-electron chi connectivity index (χ4n) is 2.55. The second kappa shape index (κ2) is 6.10. The lowest BCUT2D eigenvalue weighted by Gasteiger charge is -2.16. The average molecular weight is 321 g/mol. The first-order chi connectivity index (χ1) is 9.86. The molecule has 3 aromatic rings. The van der Waals surface area contributed by atoms with Crippen LogP contribution in [0.15, 0.2) is 89.4 Å². The molecule has 0 unspecified atom stereocenters. The van der Waals surface area contributed by atoms with Crippen molar-refractivity contribution in [1.82, 2.24) is 0 Å². The smallest absolute Gasteiger partial charge is 0.0686 e. The normalized spacial score (nSPS) is 10.2. The number of hydrogen-bond acceptors (Lipinski definition) is 0. The molecule has 3 aromatic carbocycles. The van der Waals surface area contributed by atoms with E-state index in [-0.39, 0.29) is 6.71 Å². The van der Waals surface area contributed by atoms with Gasteiger partial charge in [-0.25, -0.2) is 0 Å². The van der Waals surface area contributed by atoms with Crippen molar-refractivity contribution in [1.29, 1.82) is 0 Å². The molecule has 0 N–H and O–H groups in total. The standard InChI is InChI=1S/C18H14BBr/c20-18-14-8-7-13-17(18)19(15-9-3-1-4-10-15)16-11-5-2-6-12-16/h1-14H. The first kappa shape index (κ1) is 13.2. The Labute approximate surface area is 128 Å². The highest BCUT2D eigenvalue weighted by Gasteiger charge is 2.22. The Hall–Kier alpha value is -1.80. The average Bonchev–Trinajstić information content (AvgIpc) is 2.52. The van der Waals surface area contributed by atoms with Gasteiger partial charge in [-0.3, -0.25) is 0 Å². The second-order valence-corrected chi connectivity index (χ2v) is 5.63. The molecule has 2 heteroatoms. The Morgan fingerprint density at radius 3 is 1.50 bits per heavy atom. The van der Waals surface area contributed by atoms with Crippen LogP contribution in [0.4, 0.5) is 0 Å². The monoisotopic (exact) mass is 320 g/mol. The lowest BCUT2D eigenvalue weighted by molar-refractivity contribution is 1.68. The lowest BCUT2D eigenvalue weighted by Crippen LogP contribution is -2.52. The minimum Gasteiger partial charge on any atom is -0.0686 e. The molecule has 0 spiro atoms. The predicted octanol–water partition coefficient (Wildman–Crippen LogP) is 2.97. The van der Waals surface area contributed by atoms with E-state index < -0.39 is 0 Å². The molecule has 0 amide bonds. The number of hydrogen-bond donors (Lipinski definition) is 0. The maximum Gasteiger partial charge on any atom is 0.242 e. The largest absolute Gasteiger partial charge is 0.242 e. The quantitative estimate of drug-likeness (QED) is 0.651. The van der Waals surface area contributed by atoms with E-state index in [2.05, 4.69) is 101 Å². The summed E-state index contributed by atoms with van der Waals surface area (Å²) in [6.45, 7) is 0.257. The molecule has 0 saturated carbocycles. The van der Waals surface area contributed by atoms with Crippen LogP contribution >= 0.6 is 15.9 Å². The molecule has 0 fully saturated rings. The highest BCUT2D eigenvalue weighted by atomic mass is 79.9. The Morgan fingerprint density at radius 1 is 0.550 bits per heavy atom. The van der Waals surface area contributed by atoms with Crippen LogP contribution in [-0.4, -0.2) is 6.71 Å². The van der Waals surface area contributed by atoms with Crippen LogP contribution in [0, 0.1) is 0 Å². The van der Waals surface area contributed by atoms with Crippen LogP contribution in [0.2, 0.25) is 0 Å². The van der Waals surface area contributed by atoms with Crippen molar-refractivity contribution in [2.75, 3.05) is 0 Å². The SMILES string of the molecule is Brc1ccccc1B(c1ccccc1)c1ccccc1. The van der Waals surface area contributed by atoms with Gasteiger partial charge in [0, 0.05) is 4.47 Å². The minimum absolute atomic E-state index is 0.257. The van der Waals surface area contributed by atoms with Crippen molar-refractivity contribution < 1.29 is 0 Å². The second-order valence-electron chi connectivity index (χ2n) is 4.78. The fraction of sp³-hybridized carbons (Fsp3) is 0. The molecule has 20 heavy (non-hydrogen) atoms. The third-order valence-electron chi connectivity index (χ3n) is 3.48. The molecule has 0 aliphatic carbocycles. The van der Waals surface area contributed by atoms with Crippen LogP contribution in [0.5, 0.6) is 0 Å². The summed E-state index contributed by atoms with van der Waals surface area (Å²) in [6, 6.07) is 29.7. The summed E-state index contributed by atoms with van der Waals surface area (Å²) in [7, 11) is 0. The summed E-state index contributed by atoms with van der Waals surface area (Å²) in [5.74, 6) is 0. The Morgan fingerprint density at radius 2 is 1.00 bits per heavy atom. The van der Waals surface area contributed by atoms with Crippen molar-refractivity contribution in [3.05, 3.63) is 89.4 Å².